The molecule has 21 heavy (non-hydrogen) atoms. The van der Waals surface area contributed by atoms with Gasteiger partial charge in [-0.2, -0.15) is 0 Å². The van der Waals surface area contributed by atoms with E-state index in [1.54, 1.807) is 12.1 Å². The van der Waals surface area contributed by atoms with E-state index < -0.39 is 10.0 Å². The molecule has 1 heterocycles. The fraction of sp³-hybridized carbons (Fsp3) is 0.600. The van der Waals surface area contributed by atoms with E-state index in [2.05, 4.69) is 23.9 Å². The summed E-state index contributed by atoms with van der Waals surface area (Å²) in [6.07, 6.45) is 0.934. The minimum absolute atomic E-state index is 0.104. The lowest BCUT2D eigenvalue weighted by Gasteiger charge is -2.23. The van der Waals surface area contributed by atoms with Crippen molar-refractivity contribution in [1.82, 2.24) is 10.0 Å². The average Bonchev–Trinajstić information content (AvgIpc) is 2.53. The molecule has 5 nitrogen and oxygen atoms in total. The van der Waals surface area contributed by atoms with E-state index in [0.29, 0.717) is 30.5 Å². The van der Waals surface area contributed by atoms with Crippen molar-refractivity contribution in [2.75, 3.05) is 26.2 Å². The summed E-state index contributed by atoms with van der Waals surface area (Å²) in [4.78, 5) is 0.304. The van der Waals surface area contributed by atoms with Crippen LogP contribution in [0.3, 0.4) is 0 Å². The second kappa shape index (κ2) is 7.35. The third-order valence-corrected chi connectivity index (χ3v) is 5.32. The third-order valence-electron chi connectivity index (χ3n) is 3.88. The lowest BCUT2D eigenvalue weighted by Crippen LogP contribution is -2.45. The van der Waals surface area contributed by atoms with Gasteiger partial charge in [-0.3, -0.25) is 0 Å². The quantitative estimate of drug-likeness (QED) is 0.835. The Morgan fingerprint density at radius 2 is 2.10 bits per heavy atom. The molecule has 118 valence electrons. The predicted molar refractivity (Wildman–Crippen MR) is 82.9 cm³/mol. The average molecular weight is 312 g/mol. The Hall–Kier alpha value is -0.950. The van der Waals surface area contributed by atoms with Gasteiger partial charge in [0.25, 0.3) is 0 Å². The monoisotopic (exact) mass is 312 g/mol. The molecule has 1 aromatic rings. The van der Waals surface area contributed by atoms with E-state index in [4.69, 9.17) is 4.74 Å². The first-order valence-electron chi connectivity index (χ1n) is 7.45. The van der Waals surface area contributed by atoms with Crippen molar-refractivity contribution >= 4 is 10.0 Å². The Morgan fingerprint density at radius 3 is 2.67 bits per heavy atom. The summed E-state index contributed by atoms with van der Waals surface area (Å²) in [7, 11) is -3.47. The van der Waals surface area contributed by atoms with Crippen LogP contribution in [0.25, 0.3) is 0 Å². The summed E-state index contributed by atoms with van der Waals surface area (Å²) in [6.45, 7) is 6.67. The molecule has 0 aliphatic carbocycles. The molecule has 0 radical (unpaired) electrons. The molecular weight excluding hydrogens is 288 g/mol. The summed E-state index contributed by atoms with van der Waals surface area (Å²) in [5.74, 6) is 0.441. The van der Waals surface area contributed by atoms with Gasteiger partial charge in [0.1, 0.15) is 0 Å². The molecule has 0 saturated carbocycles. The molecule has 0 amide bonds. The summed E-state index contributed by atoms with van der Waals surface area (Å²) in [5.41, 5.74) is 1.16. The molecule has 1 fully saturated rings. The van der Waals surface area contributed by atoms with Gasteiger partial charge in [0.15, 0.2) is 0 Å². The molecule has 6 heteroatoms. The van der Waals surface area contributed by atoms with Gasteiger partial charge in [-0.15, -0.1) is 0 Å². The van der Waals surface area contributed by atoms with E-state index in [1.807, 2.05) is 12.1 Å². The standard InChI is InChI=1S/C15H24N2O3S/c1-3-12(2)13-4-6-15(7-5-13)21(18,19)17-11-14-10-16-8-9-20-14/h4-7,12,14,16-17H,3,8-11H2,1-2H3. The number of ether oxygens (including phenoxy) is 1. The summed E-state index contributed by atoms with van der Waals surface area (Å²) in [6, 6.07) is 7.12. The highest BCUT2D eigenvalue weighted by molar-refractivity contribution is 7.89. The molecule has 1 aliphatic rings. The van der Waals surface area contributed by atoms with Crippen LogP contribution < -0.4 is 10.0 Å². The number of rotatable bonds is 6. The third kappa shape index (κ3) is 4.51. The van der Waals surface area contributed by atoms with Crippen LogP contribution >= 0.6 is 0 Å². The fourth-order valence-corrected chi connectivity index (χ4v) is 3.31. The van der Waals surface area contributed by atoms with Gasteiger partial charge < -0.3 is 10.1 Å². The second-order valence-corrected chi connectivity index (χ2v) is 7.19. The molecule has 0 spiro atoms. The Labute approximate surface area is 127 Å². The zero-order valence-electron chi connectivity index (χ0n) is 12.6. The van der Waals surface area contributed by atoms with Crippen molar-refractivity contribution in [3.8, 4) is 0 Å². The smallest absolute Gasteiger partial charge is 0.240 e. The van der Waals surface area contributed by atoms with Crippen LogP contribution in [0.1, 0.15) is 31.7 Å². The van der Waals surface area contributed by atoms with E-state index in [0.717, 1.165) is 18.5 Å². The molecule has 2 unspecified atom stereocenters. The summed E-state index contributed by atoms with van der Waals surface area (Å²) >= 11 is 0. The number of hydrogen-bond donors (Lipinski definition) is 2. The maximum absolute atomic E-state index is 12.2. The van der Waals surface area contributed by atoms with E-state index in [1.165, 1.54) is 0 Å². The zero-order valence-corrected chi connectivity index (χ0v) is 13.4. The van der Waals surface area contributed by atoms with Gasteiger partial charge in [-0.25, -0.2) is 13.1 Å². The molecule has 1 saturated heterocycles. The largest absolute Gasteiger partial charge is 0.374 e. The van der Waals surface area contributed by atoms with Gasteiger partial charge in [0.2, 0.25) is 10.0 Å². The highest BCUT2D eigenvalue weighted by Gasteiger charge is 2.19. The minimum Gasteiger partial charge on any atom is -0.374 e. The molecule has 2 N–H and O–H groups in total. The number of morpholine rings is 1. The van der Waals surface area contributed by atoms with Crippen molar-refractivity contribution in [2.45, 2.75) is 37.2 Å². The Morgan fingerprint density at radius 1 is 1.38 bits per heavy atom. The van der Waals surface area contributed by atoms with Gasteiger partial charge in [0.05, 0.1) is 17.6 Å². The lowest BCUT2D eigenvalue weighted by atomic mass is 9.99. The number of sulfonamides is 1. The second-order valence-electron chi connectivity index (χ2n) is 5.43. The van der Waals surface area contributed by atoms with E-state index in [-0.39, 0.29) is 6.10 Å². The Kier molecular flexibility index (Phi) is 5.75. The first-order valence-corrected chi connectivity index (χ1v) is 8.93. The van der Waals surface area contributed by atoms with Crippen molar-refractivity contribution in [3.05, 3.63) is 29.8 Å². The number of hydrogen-bond acceptors (Lipinski definition) is 4. The van der Waals surface area contributed by atoms with Gasteiger partial charge in [-0.1, -0.05) is 26.0 Å². The normalized spacial score (nSPS) is 21.1. The fourth-order valence-electron chi connectivity index (χ4n) is 2.25. The number of nitrogens with one attached hydrogen (secondary N) is 2. The highest BCUT2D eigenvalue weighted by atomic mass is 32.2. The molecule has 0 aromatic heterocycles. The van der Waals surface area contributed by atoms with E-state index in [9.17, 15) is 8.42 Å². The molecular formula is C15H24N2O3S. The maximum Gasteiger partial charge on any atom is 0.240 e. The molecule has 1 aromatic carbocycles. The van der Waals surface area contributed by atoms with Crippen LogP contribution in [-0.4, -0.2) is 40.8 Å². The lowest BCUT2D eigenvalue weighted by molar-refractivity contribution is 0.0324. The zero-order chi connectivity index (χ0) is 15.3. The van der Waals surface area contributed by atoms with Gasteiger partial charge in [0, 0.05) is 19.6 Å². The van der Waals surface area contributed by atoms with Crippen LogP contribution in [0.2, 0.25) is 0 Å². The summed E-state index contributed by atoms with van der Waals surface area (Å²) < 4.78 is 32.6. The van der Waals surface area contributed by atoms with Crippen LogP contribution in [0.15, 0.2) is 29.2 Å². The van der Waals surface area contributed by atoms with Crippen molar-refractivity contribution in [3.63, 3.8) is 0 Å². The van der Waals surface area contributed by atoms with Gasteiger partial charge >= 0.3 is 0 Å². The van der Waals surface area contributed by atoms with Crippen molar-refractivity contribution in [2.24, 2.45) is 0 Å². The highest BCUT2D eigenvalue weighted by Crippen LogP contribution is 2.20. The predicted octanol–water partition coefficient (Wildman–Crippen LogP) is 1.47. The molecule has 2 rings (SSSR count). The Balaban J connectivity index is 1.98. The first-order chi connectivity index (χ1) is 10.0. The van der Waals surface area contributed by atoms with Crippen molar-refractivity contribution in [1.29, 1.82) is 0 Å². The molecule has 0 bridgehead atoms. The minimum atomic E-state index is -3.47. The number of benzene rings is 1. The van der Waals surface area contributed by atoms with Crippen LogP contribution in [-0.2, 0) is 14.8 Å². The van der Waals surface area contributed by atoms with Crippen LogP contribution in [0.4, 0.5) is 0 Å². The Bertz CT molecular complexity index is 537. The summed E-state index contributed by atoms with van der Waals surface area (Å²) in [5, 5.41) is 3.18. The SMILES string of the molecule is CCC(C)c1ccc(S(=O)(=O)NCC2CNCCO2)cc1. The van der Waals surface area contributed by atoms with Crippen molar-refractivity contribution < 1.29 is 13.2 Å². The van der Waals surface area contributed by atoms with Gasteiger partial charge in [-0.05, 0) is 30.0 Å². The first kappa shape index (κ1) is 16.4. The van der Waals surface area contributed by atoms with Crippen LogP contribution in [0, 0.1) is 0 Å². The molecule has 1 aliphatic heterocycles. The van der Waals surface area contributed by atoms with E-state index >= 15 is 0 Å². The van der Waals surface area contributed by atoms with Crippen LogP contribution in [0.5, 0.6) is 0 Å². The molecule has 2 atom stereocenters. The maximum atomic E-state index is 12.2. The topological polar surface area (TPSA) is 67.4 Å².